The lowest BCUT2D eigenvalue weighted by atomic mass is 10.2. The third kappa shape index (κ3) is 5.89. The third-order valence-electron chi connectivity index (χ3n) is 3.47. The van der Waals surface area contributed by atoms with Gasteiger partial charge in [0.2, 0.25) is 15.9 Å². The lowest BCUT2D eigenvalue weighted by Crippen LogP contribution is -2.21. The molecule has 0 aromatic heterocycles. The van der Waals surface area contributed by atoms with Crippen LogP contribution in [-0.2, 0) is 24.3 Å². The summed E-state index contributed by atoms with van der Waals surface area (Å²) in [6, 6.07) is 11.7. The fourth-order valence-electron chi connectivity index (χ4n) is 2.16. The van der Waals surface area contributed by atoms with Gasteiger partial charge in [-0.05, 0) is 49.5 Å². The van der Waals surface area contributed by atoms with E-state index >= 15 is 0 Å². The number of amides is 2. The van der Waals surface area contributed by atoms with Crippen molar-refractivity contribution in [3.63, 3.8) is 0 Å². The normalized spacial score (nSPS) is 10.8. The zero-order valence-corrected chi connectivity index (χ0v) is 16.0. The first-order valence-corrected chi connectivity index (χ1v) is 9.58. The second-order valence-corrected chi connectivity index (χ2v) is 7.50. The fraction of sp³-hybridized carbons (Fsp3) is 0.167. The number of carbonyl (C=O) groups is 3. The van der Waals surface area contributed by atoms with Gasteiger partial charge >= 0.3 is 5.97 Å². The molecule has 0 saturated carbocycles. The first-order valence-electron chi connectivity index (χ1n) is 8.09. The molecule has 2 aromatic rings. The number of hydrogen-bond donors (Lipinski definition) is 3. The Morgan fingerprint density at radius 1 is 0.964 bits per heavy atom. The molecule has 0 unspecified atom stereocenters. The van der Waals surface area contributed by atoms with Gasteiger partial charge in [0.25, 0.3) is 5.91 Å². The molecule has 0 spiro atoms. The van der Waals surface area contributed by atoms with Gasteiger partial charge in [0.1, 0.15) is 0 Å². The molecule has 0 heterocycles. The summed E-state index contributed by atoms with van der Waals surface area (Å²) in [6.45, 7) is 0.837. The third-order valence-corrected chi connectivity index (χ3v) is 4.88. The van der Waals surface area contributed by atoms with E-state index in [4.69, 9.17) is 4.74 Å². The second kappa shape index (κ2) is 9.11. The highest BCUT2D eigenvalue weighted by Gasteiger charge is 2.16. The number of anilines is 2. The number of nitrogens with one attached hydrogen (secondary N) is 3. The van der Waals surface area contributed by atoms with Gasteiger partial charge in [-0.15, -0.1) is 0 Å². The average molecular weight is 405 g/mol. The number of ether oxygens (including phenoxy) is 1. The molecule has 3 N–H and O–H groups in total. The molecule has 2 aromatic carbocycles. The largest absolute Gasteiger partial charge is 0.452 e. The van der Waals surface area contributed by atoms with Crippen molar-refractivity contribution < 1.29 is 27.5 Å². The van der Waals surface area contributed by atoms with Crippen LogP contribution < -0.4 is 15.4 Å². The maximum Gasteiger partial charge on any atom is 0.338 e. The summed E-state index contributed by atoms with van der Waals surface area (Å²) in [5.41, 5.74) is 1.04. The highest BCUT2D eigenvalue weighted by molar-refractivity contribution is 7.89. The monoisotopic (exact) mass is 405 g/mol. The van der Waals surface area contributed by atoms with E-state index in [0.717, 1.165) is 6.07 Å². The van der Waals surface area contributed by atoms with Crippen LogP contribution in [0.25, 0.3) is 0 Å². The molecule has 10 heteroatoms. The summed E-state index contributed by atoms with van der Waals surface area (Å²) < 4.78 is 30.6. The number of esters is 1. The molecule has 0 aliphatic heterocycles. The summed E-state index contributed by atoms with van der Waals surface area (Å²) in [5.74, 6) is -1.61. The Kier molecular flexibility index (Phi) is 6.85. The van der Waals surface area contributed by atoms with Gasteiger partial charge in [-0.2, -0.15) is 0 Å². The highest BCUT2D eigenvalue weighted by Crippen LogP contribution is 2.14. The van der Waals surface area contributed by atoms with Crippen LogP contribution in [0.5, 0.6) is 0 Å². The van der Waals surface area contributed by atoms with E-state index in [9.17, 15) is 22.8 Å². The number of hydrogen-bond acceptors (Lipinski definition) is 6. The number of sulfonamides is 1. The van der Waals surface area contributed by atoms with Crippen LogP contribution in [-0.4, -0.2) is 39.9 Å². The summed E-state index contributed by atoms with van der Waals surface area (Å²) in [5, 5.41) is 5.13. The van der Waals surface area contributed by atoms with Gasteiger partial charge in [0.15, 0.2) is 6.61 Å². The van der Waals surface area contributed by atoms with Gasteiger partial charge in [-0.3, -0.25) is 9.59 Å². The van der Waals surface area contributed by atoms with Crippen LogP contribution in [0.3, 0.4) is 0 Å². The SMILES string of the molecule is CNS(=O)(=O)c1cccc(C(=O)OCC(=O)Nc2ccc(NC(C)=O)cc2)c1. The van der Waals surface area contributed by atoms with E-state index in [1.807, 2.05) is 0 Å². The van der Waals surface area contributed by atoms with Gasteiger partial charge in [-0.1, -0.05) is 6.07 Å². The first kappa shape index (κ1) is 21.1. The molecule has 0 radical (unpaired) electrons. The molecule has 28 heavy (non-hydrogen) atoms. The van der Waals surface area contributed by atoms with E-state index < -0.39 is 28.5 Å². The van der Waals surface area contributed by atoms with Crippen molar-refractivity contribution in [1.29, 1.82) is 0 Å². The van der Waals surface area contributed by atoms with Crippen molar-refractivity contribution in [3.8, 4) is 0 Å². The van der Waals surface area contributed by atoms with Crippen molar-refractivity contribution >= 4 is 39.2 Å². The highest BCUT2D eigenvalue weighted by atomic mass is 32.2. The predicted octanol–water partition coefficient (Wildman–Crippen LogP) is 1.35. The first-order chi connectivity index (χ1) is 13.2. The van der Waals surface area contributed by atoms with E-state index in [2.05, 4.69) is 15.4 Å². The summed E-state index contributed by atoms with van der Waals surface area (Å²) in [7, 11) is -2.44. The van der Waals surface area contributed by atoms with Crippen molar-refractivity contribution in [2.75, 3.05) is 24.3 Å². The quantitative estimate of drug-likeness (QED) is 0.596. The Morgan fingerprint density at radius 2 is 1.57 bits per heavy atom. The van der Waals surface area contributed by atoms with Crippen LogP contribution in [0.4, 0.5) is 11.4 Å². The Bertz CT molecular complexity index is 987. The summed E-state index contributed by atoms with van der Waals surface area (Å²) >= 11 is 0. The van der Waals surface area contributed by atoms with E-state index in [1.165, 1.54) is 32.2 Å². The lowest BCUT2D eigenvalue weighted by Gasteiger charge is -2.08. The predicted molar refractivity (Wildman–Crippen MR) is 102 cm³/mol. The van der Waals surface area contributed by atoms with E-state index in [0.29, 0.717) is 11.4 Å². The second-order valence-electron chi connectivity index (χ2n) is 5.62. The molecular weight excluding hydrogens is 386 g/mol. The fourth-order valence-corrected chi connectivity index (χ4v) is 2.94. The molecule has 0 aliphatic carbocycles. The molecule has 0 bridgehead atoms. The number of rotatable bonds is 7. The minimum absolute atomic E-state index is 0.00350. The van der Waals surface area contributed by atoms with Gasteiger partial charge in [0.05, 0.1) is 10.5 Å². The molecule has 148 valence electrons. The molecular formula is C18H19N3O6S. The smallest absolute Gasteiger partial charge is 0.338 e. The Morgan fingerprint density at radius 3 is 2.14 bits per heavy atom. The van der Waals surface area contributed by atoms with Gasteiger partial charge in [-0.25, -0.2) is 17.9 Å². The summed E-state index contributed by atoms with van der Waals surface area (Å²) in [6.07, 6.45) is 0. The summed E-state index contributed by atoms with van der Waals surface area (Å²) in [4.78, 5) is 34.9. The number of carbonyl (C=O) groups excluding carboxylic acids is 3. The molecule has 9 nitrogen and oxygen atoms in total. The maximum atomic E-state index is 12.1. The average Bonchev–Trinajstić information content (AvgIpc) is 2.67. The van der Waals surface area contributed by atoms with Gasteiger partial charge in [0, 0.05) is 18.3 Å². The van der Waals surface area contributed by atoms with Gasteiger partial charge < -0.3 is 15.4 Å². The molecule has 0 aliphatic rings. The Labute approximate surface area is 162 Å². The standard InChI is InChI=1S/C18H19N3O6S/c1-12(22)20-14-6-8-15(9-7-14)21-17(23)11-27-18(24)13-4-3-5-16(10-13)28(25,26)19-2/h3-10,19H,11H2,1-2H3,(H,20,22)(H,21,23). The molecule has 0 saturated heterocycles. The van der Waals surface area contributed by atoms with Crippen molar-refractivity contribution in [2.24, 2.45) is 0 Å². The zero-order valence-electron chi connectivity index (χ0n) is 15.2. The minimum Gasteiger partial charge on any atom is -0.452 e. The molecule has 2 amide bonds. The van der Waals surface area contributed by atoms with Crippen LogP contribution in [0, 0.1) is 0 Å². The minimum atomic E-state index is -3.70. The van der Waals surface area contributed by atoms with E-state index in [-0.39, 0.29) is 16.4 Å². The van der Waals surface area contributed by atoms with Crippen LogP contribution in [0.1, 0.15) is 17.3 Å². The Hall–Kier alpha value is -3.24. The Balaban J connectivity index is 1.93. The van der Waals surface area contributed by atoms with Crippen molar-refractivity contribution in [1.82, 2.24) is 4.72 Å². The van der Waals surface area contributed by atoms with Crippen molar-refractivity contribution in [3.05, 3.63) is 54.1 Å². The molecule has 0 fully saturated rings. The topological polar surface area (TPSA) is 131 Å². The maximum absolute atomic E-state index is 12.1. The number of benzene rings is 2. The molecule has 2 rings (SSSR count). The molecule has 0 atom stereocenters. The zero-order chi connectivity index (χ0) is 20.7. The van der Waals surface area contributed by atoms with Crippen LogP contribution in [0.2, 0.25) is 0 Å². The van der Waals surface area contributed by atoms with Crippen LogP contribution in [0.15, 0.2) is 53.4 Å². The lowest BCUT2D eigenvalue weighted by molar-refractivity contribution is -0.119. The van der Waals surface area contributed by atoms with Crippen molar-refractivity contribution in [2.45, 2.75) is 11.8 Å². The van der Waals surface area contributed by atoms with Crippen LogP contribution >= 0.6 is 0 Å². The van der Waals surface area contributed by atoms with E-state index in [1.54, 1.807) is 24.3 Å².